The Balaban J connectivity index is 2.14. The topological polar surface area (TPSA) is 63.9 Å². The molecule has 2 rings (SSSR count). The van der Waals surface area contributed by atoms with Crippen LogP contribution >= 0.6 is 22.9 Å². The molecule has 0 radical (unpaired) electrons. The van der Waals surface area contributed by atoms with Crippen molar-refractivity contribution < 1.29 is 4.79 Å². The van der Waals surface area contributed by atoms with Crippen LogP contribution in [0.2, 0.25) is 4.47 Å². The van der Waals surface area contributed by atoms with Crippen LogP contribution in [0.5, 0.6) is 0 Å². The molecule has 96 valence electrons. The van der Waals surface area contributed by atoms with Gasteiger partial charge in [0.1, 0.15) is 17.0 Å². The Morgan fingerprint density at radius 3 is 2.83 bits per heavy atom. The molecule has 0 unspecified atom stereocenters. The van der Waals surface area contributed by atoms with Crippen LogP contribution in [0.15, 0.2) is 6.33 Å². The predicted octanol–water partition coefficient (Wildman–Crippen LogP) is 1.51. The Hall–Kier alpha value is -1.47. The lowest BCUT2D eigenvalue weighted by molar-refractivity contribution is 0.0784. The van der Waals surface area contributed by atoms with Gasteiger partial charge in [0.15, 0.2) is 4.47 Å². The number of carbonyl (C=O) groups is 1. The van der Waals surface area contributed by atoms with E-state index in [9.17, 15) is 4.79 Å². The molecule has 0 aliphatic heterocycles. The summed E-state index contributed by atoms with van der Waals surface area (Å²) in [5, 5.41) is 3.96. The average molecular weight is 286 g/mol. The number of hydrogen-bond donors (Lipinski definition) is 0. The third-order valence-electron chi connectivity index (χ3n) is 2.50. The number of halogens is 1. The number of nitrogens with zero attached hydrogens (tertiary/aromatic N) is 5. The summed E-state index contributed by atoms with van der Waals surface area (Å²) in [6.07, 6.45) is 1.46. The van der Waals surface area contributed by atoms with Crippen LogP contribution < -0.4 is 0 Å². The molecule has 2 aromatic heterocycles. The third kappa shape index (κ3) is 2.51. The summed E-state index contributed by atoms with van der Waals surface area (Å²) in [6.45, 7) is 2.16. The molecular formula is C10H12ClN5OS. The first-order valence-corrected chi connectivity index (χ1v) is 6.39. The van der Waals surface area contributed by atoms with E-state index in [1.807, 2.05) is 0 Å². The van der Waals surface area contributed by atoms with Crippen molar-refractivity contribution in [3.8, 4) is 0 Å². The Morgan fingerprint density at radius 1 is 1.61 bits per heavy atom. The van der Waals surface area contributed by atoms with E-state index in [4.69, 9.17) is 11.6 Å². The van der Waals surface area contributed by atoms with Crippen molar-refractivity contribution in [2.75, 3.05) is 7.05 Å². The van der Waals surface area contributed by atoms with E-state index >= 15 is 0 Å². The molecule has 0 fully saturated rings. The summed E-state index contributed by atoms with van der Waals surface area (Å²) in [7, 11) is 3.50. The van der Waals surface area contributed by atoms with Gasteiger partial charge in [-0.1, -0.05) is 22.9 Å². The maximum absolute atomic E-state index is 12.2. The first kappa shape index (κ1) is 13.0. The number of thiazole rings is 1. The van der Waals surface area contributed by atoms with Gasteiger partial charge in [0.05, 0.1) is 12.2 Å². The fourth-order valence-corrected chi connectivity index (χ4v) is 2.63. The van der Waals surface area contributed by atoms with Crippen molar-refractivity contribution in [1.29, 1.82) is 0 Å². The van der Waals surface area contributed by atoms with Gasteiger partial charge in [-0.3, -0.25) is 9.48 Å². The highest BCUT2D eigenvalue weighted by molar-refractivity contribution is 7.17. The molecule has 0 aliphatic rings. The largest absolute Gasteiger partial charge is 0.333 e. The van der Waals surface area contributed by atoms with E-state index in [-0.39, 0.29) is 5.91 Å². The van der Waals surface area contributed by atoms with Gasteiger partial charge in [-0.2, -0.15) is 5.10 Å². The Kier molecular flexibility index (Phi) is 3.63. The fourth-order valence-electron chi connectivity index (χ4n) is 1.48. The van der Waals surface area contributed by atoms with Crippen LogP contribution in [0.25, 0.3) is 0 Å². The number of aryl methyl sites for hydroxylation is 2. The number of rotatable bonds is 3. The van der Waals surface area contributed by atoms with Crippen molar-refractivity contribution in [3.63, 3.8) is 0 Å². The zero-order valence-corrected chi connectivity index (χ0v) is 11.8. The van der Waals surface area contributed by atoms with Crippen LogP contribution in [0.1, 0.15) is 21.2 Å². The average Bonchev–Trinajstić information content (AvgIpc) is 2.85. The van der Waals surface area contributed by atoms with Gasteiger partial charge in [-0.25, -0.2) is 9.97 Å². The number of carbonyl (C=O) groups excluding carboxylic acids is 1. The minimum atomic E-state index is -0.111. The van der Waals surface area contributed by atoms with Crippen molar-refractivity contribution in [2.45, 2.75) is 13.5 Å². The van der Waals surface area contributed by atoms with E-state index in [1.54, 1.807) is 30.6 Å². The standard InChI is InChI=1S/C10H12ClN5OS/c1-6-8(18-10(11)14-6)9(17)15(2)4-7-12-5-13-16(7)3/h5H,4H2,1-3H3. The molecule has 2 aromatic rings. The molecule has 18 heavy (non-hydrogen) atoms. The molecule has 0 aromatic carbocycles. The van der Waals surface area contributed by atoms with E-state index in [1.165, 1.54) is 17.7 Å². The minimum absolute atomic E-state index is 0.111. The van der Waals surface area contributed by atoms with E-state index in [2.05, 4.69) is 15.1 Å². The second kappa shape index (κ2) is 5.03. The first-order valence-electron chi connectivity index (χ1n) is 5.20. The lowest BCUT2D eigenvalue weighted by atomic mass is 10.3. The maximum atomic E-state index is 12.2. The van der Waals surface area contributed by atoms with Gasteiger partial charge >= 0.3 is 0 Å². The zero-order chi connectivity index (χ0) is 13.3. The van der Waals surface area contributed by atoms with Gasteiger partial charge in [0.25, 0.3) is 5.91 Å². The Bertz CT molecular complexity index is 579. The molecule has 0 atom stereocenters. The Labute approximate surface area is 113 Å². The van der Waals surface area contributed by atoms with Gasteiger partial charge < -0.3 is 4.90 Å². The zero-order valence-electron chi connectivity index (χ0n) is 10.2. The maximum Gasteiger partial charge on any atom is 0.266 e. The summed E-state index contributed by atoms with van der Waals surface area (Å²) in [5.41, 5.74) is 0.653. The van der Waals surface area contributed by atoms with Crippen LogP contribution in [0.4, 0.5) is 0 Å². The van der Waals surface area contributed by atoms with Gasteiger partial charge in [-0.05, 0) is 6.92 Å². The molecule has 0 spiro atoms. The van der Waals surface area contributed by atoms with Gasteiger partial charge in [0.2, 0.25) is 0 Å². The lowest BCUT2D eigenvalue weighted by Gasteiger charge is -2.15. The molecule has 0 N–H and O–H groups in total. The van der Waals surface area contributed by atoms with E-state index < -0.39 is 0 Å². The molecule has 2 heterocycles. The molecular weight excluding hydrogens is 274 g/mol. The summed E-state index contributed by atoms with van der Waals surface area (Å²) >= 11 is 6.98. The minimum Gasteiger partial charge on any atom is -0.333 e. The number of amides is 1. The molecule has 0 saturated carbocycles. The Morgan fingerprint density at radius 2 is 2.33 bits per heavy atom. The molecule has 8 heteroatoms. The monoisotopic (exact) mass is 285 g/mol. The third-order valence-corrected chi connectivity index (χ3v) is 3.75. The fraction of sp³-hybridized carbons (Fsp3) is 0.400. The molecule has 0 saturated heterocycles. The van der Waals surface area contributed by atoms with Crippen LogP contribution in [-0.2, 0) is 13.6 Å². The predicted molar refractivity (Wildman–Crippen MR) is 68.7 cm³/mol. The van der Waals surface area contributed by atoms with Crippen molar-refractivity contribution in [3.05, 3.63) is 27.2 Å². The van der Waals surface area contributed by atoms with Gasteiger partial charge in [-0.15, -0.1) is 0 Å². The van der Waals surface area contributed by atoms with E-state index in [0.29, 0.717) is 21.6 Å². The summed E-state index contributed by atoms with van der Waals surface area (Å²) in [6, 6.07) is 0. The van der Waals surface area contributed by atoms with Gasteiger partial charge in [0, 0.05) is 14.1 Å². The highest BCUT2D eigenvalue weighted by atomic mass is 35.5. The highest BCUT2D eigenvalue weighted by Crippen LogP contribution is 2.23. The quantitative estimate of drug-likeness (QED) is 0.857. The van der Waals surface area contributed by atoms with Crippen LogP contribution in [-0.4, -0.2) is 37.6 Å². The van der Waals surface area contributed by atoms with E-state index in [0.717, 1.165) is 5.82 Å². The summed E-state index contributed by atoms with van der Waals surface area (Å²) in [4.78, 5) is 22.4. The highest BCUT2D eigenvalue weighted by Gasteiger charge is 2.19. The van der Waals surface area contributed by atoms with Crippen molar-refractivity contribution >= 4 is 28.8 Å². The smallest absolute Gasteiger partial charge is 0.266 e. The molecule has 0 bridgehead atoms. The van der Waals surface area contributed by atoms with Crippen LogP contribution in [0, 0.1) is 6.92 Å². The molecule has 1 amide bonds. The van der Waals surface area contributed by atoms with Crippen molar-refractivity contribution in [2.24, 2.45) is 7.05 Å². The second-order valence-electron chi connectivity index (χ2n) is 3.84. The second-order valence-corrected chi connectivity index (χ2v) is 5.42. The normalized spacial score (nSPS) is 10.7. The number of aromatic nitrogens is 4. The molecule has 6 nitrogen and oxygen atoms in total. The first-order chi connectivity index (χ1) is 8.49. The summed E-state index contributed by atoms with van der Waals surface area (Å²) in [5.74, 6) is 0.610. The summed E-state index contributed by atoms with van der Waals surface area (Å²) < 4.78 is 2.01. The number of hydrogen-bond acceptors (Lipinski definition) is 5. The molecule has 0 aliphatic carbocycles. The van der Waals surface area contributed by atoms with Crippen molar-refractivity contribution in [1.82, 2.24) is 24.6 Å². The lowest BCUT2D eigenvalue weighted by Crippen LogP contribution is -2.27. The SMILES string of the molecule is Cc1nc(Cl)sc1C(=O)N(C)Cc1ncnn1C. The van der Waals surface area contributed by atoms with Crippen LogP contribution in [0.3, 0.4) is 0 Å².